The lowest BCUT2D eigenvalue weighted by molar-refractivity contribution is -0.327. The molecule has 0 saturated carbocycles. The summed E-state index contributed by atoms with van der Waals surface area (Å²) >= 11 is 0. The number of carboxylic acid groups (broad SMARTS) is 1. The van der Waals surface area contributed by atoms with Crippen LogP contribution in [0.1, 0.15) is 28.8 Å². The van der Waals surface area contributed by atoms with E-state index in [1.54, 1.807) is 0 Å². The van der Waals surface area contributed by atoms with Gasteiger partial charge in [0.15, 0.2) is 5.60 Å². The molecule has 0 spiro atoms. The Balaban J connectivity index is 2.00. The molecule has 6 heteroatoms. The minimum atomic E-state index is -4.35. The molecule has 1 saturated heterocycles. The number of benzene rings is 1. The zero-order valence-corrected chi connectivity index (χ0v) is 10.0. The highest BCUT2D eigenvalue weighted by molar-refractivity contribution is 5.87. The van der Waals surface area contributed by atoms with Crippen LogP contribution in [0.5, 0.6) is 0 Å². The second-order valence-electron chi connectivity index (χ2n) is 4.59. The largest absolute Gasteiger partial charge is 0.478 e. The zero-order chi connectivity index (χ0) is 14.1. The van der Waals surface area contributed by atoms with Gasteiger partial charge in [0.2, 0.25) is 0 Å². The molecule has 1 fully saturated rings. The molecule has 19 heavy (non-hydrogen) atoms. The fraction of sp³-hybridized carbons (Fsp3) is 0.462. The van der Waals surface area contributed by atoms with Crippen LogP contribution in [0.25, 0.3) is 0 Å². The Hall–Kier alpha value is -1.56. The zero-order valence-electron chi connectivity index (χ0n) is 10.0. The third-order valence-corrected chi connectivity index (χ3v) is 3.42. The lowest BCUT2D eigenvalue weighted by Gasteiger charge is -2.43. The summed E-state index contributed by atoms with van der Waals surface area (Å²) in [5, 5.41) is 8.72. The van der Waals surface area contributed by atoms with E-state index in [0.717, 1.165) is 0 Å². The Labute approximate surface area is 108 Å². The van der Waals surface area contributed by atoms with Gasteiger partial charge in [-0.25, -0.2) is 4.79 Å². The normalized spacial score (nSPS) is 22.9. The summed E-state index contributed by atoms with van der Waals surface area (Å²) in [4.78, 5) is 10.6. The van der Waals surface area contributed by atoms with Crippen LogP contribution < -0.4 is 0 Å². The standard InChI is InChI=1S/C13H13F3O3/c14-13(15,16)12(7-8-19-12)6-5-9-1-3-10(4-2-9)11(17)18/h1-4H,5-8H2,(H,17,18). The smallest absolute Gasteiger partial charge is 0.417 e. The molecule has 1 N–H and O–H groups in total. The molecule has 0 aromatic heterocycles. The van der Waals surface area contributed by atoms with Crippen molar-refractivity contribution in [3.63, 3.8) is 0 Å². The van der Waals surface area contributed by atoms with Gasteiger partial charge in [-0.15, -0.1) is 0 Å². The Kier molecular flexibility index (Phi) is 3.54. The van der Waals surface area contributed by atoms with Gasteiger partial charge in [-0.3, -0.25) is 0 Å². The molecule has 3 nitrogen and oxygen atoms in total. The number of carboxylic acids is 1. The van der Waals surface area contributed by atoms with E-state index in [9.17, 15) is 18.0 Å². The first-order valence-electron chi connectivity index (χ1n) is 5.87. The van der Waals surface area contributed by atoms with Gasteiger partial charge in [-0.05, 0) is 30.5 Å². The van der Waals surface area contributed by atoms with E-state index in [2.05, 4.69) is 0 Å². The molecule has 0 radical (unpaired) electrons. The third kappa shape index (κ3) is 2.73. The molecule has 1 heterocycles. The maximum absolute atomic E-state index is 12.8. The Bertz CT molecular complexity index is 461. The number of halogens is 3. The van der Waals surface area contributed by atoms with Crippen LogP contribution in [-0.4, -0.2) is 29.5 Å². The van der Waals surface area contributed by atoms with Crippen LogP contribution in [-0.2, 0) is 11.2 Å². The first kappa shape index (κ1) is 13.9. The number of aromatic carboxylic acids is 1. The van der Waals surface area contributed by atoms with Crippen molar-refractivity contribution in [2.24, 2.45) is 0 Å². The van der Waals surface area contributed by atoms with Gasteiger partial charge in [0.1, 0.15) is 0 Å². The SMILES string of the molecule is O=C(O)c1ccc(CCC2(C(F)(F)F)CCO2)cc1. The molecular formula is C13H13F3O3. The predicted molar refractivity (Wildman–Crippen MR) is 61.1 cm³/mol. The van der Waals surface area contributed by atoms with Crippen LogP contribution in [0, 0.1) is 0 Å². The monoisotopic (exact) mass is 274 g/mol. The highest BCUT2D eigenvalue weighted by Gasteiger charge is 2.59. The maximum Gasteiger partial charge on any atom is 0.417 e. The molecule has 0 aliphatic carbocycles. The maximum atomic E-state index is 12.8. The van der Waals surface area contributed by atoms with E-state index in [1.165, 1.54) is 24.3 Å². The molecule has 0 amide bonds. The van der Waals surface area contributed by atoms with Gasteiger partial charge in [0.05, 0.1) is 12.2 Å². The number of carbonyl (C=O) groups is 1. The number of aryl methyl sites for hydroxylation is 1. The Morgan fingerprint density at radius 3 is 2.26 bits per heavy atom. The van der Waals surface area contributed by atoms with E-state index in [4.69, 9.17) is 9.84 Å². The summed E-state index contributed by atoms with van der Waals surface area (Å²) in [5.41, 5.74) is -1.23. The van der Waals surface area contributed by atoms with Crippen molar-refractivity contribution < 1.29 is 27.8 Å². The lowest BCUT2D eigenvalue weighted by Crippen LogP contribution is -2.55. The van der Waals surface area contributed by atoms with Crippen molar-refractivity contribution in [3.05, 3.63) is 35.4 Å². The molecule has 1 aromatic rings. The minimum absolute atomic E-state index is 0.0102. The summed E-state index contributed by atoms with van der Waals surface area (Å²) in [6.07, 6.45) is -4.29. The van der Waals surface area contributed by atoms with E-state index >= 15 is 0 Å². The fourth-order valence-electron chi connectivity index (χ4n) is 2.07. The summed E-state index contributed by atoms with van der Waals surface area (Å²) in [6, 6.07) is 5.84. The van der Waals surface area contributed by atoms with Gasteiger partial charge in [0, 0.05) is 6.42 Å². The van der Waals surface area contributed by atoms with E-state index in [1.807, 2.05) is 0 Å². The Morgan fingerprint density at radius 1 is 1.32 bits per heavy atom. The molecule has 1 aliphatic rings. The molecule has 1 unspecified atom stereocenters. The predicted octanol–water partition coefficient (Wildman–Crippen LogP) is 3.04. The van der Waals surface area contributed by atoms with E-state index < -0.39 is 17.7 Å². The second kappa shape index (κ2) is 4.85. The van der Waals surface area contributed by atoms with Crippen molar-refractivity contribution in [2.45, 2.75) is 31.0 Å². The van der Waals surface area contributed by atoms with Gasteiger partial charge in [-0.1, -0.05) is 12.1 Å². The van der Waals surface area contributed by atoms with Gasteiger partial charge >= 0.3 is 12.1 Å². The van der Waals surface area contributed by atoms with Crippen LogP contribution >= 0.6 is 0 Å². The van der Waals surface area contributed by atoms with Crippen molar-refractivity contribution in [2.75, 3.05) is 6.61 Å². The van der Waals surface area contributed by atoms with Crippen molar-refractivity contribution in [1.29, 1.82) is 0 Å². The van der Waals surface area contributed by atoms with Crippen molar-refractivity contribution in [1.82, 2.24) is 0 Å². The number of hydrogen-bond acceptors (Lipinski definition) is 2. The minimum Gasteiger partial charge on any atom is -0.478 e. The average Bonchev–Trinajstić information content (AvgIpc) is 2.26. The van der Waals surface area contributed by atoms with Gasteiger partial charge in [-0.2, -0.15) is 13.2 Å². The van der Waals surface area contributed by atoms with Crippen LogP contribution in [0.2, 0.25) is 0 Å². The second-order valence-corrected chi connectivity index (χ2v) is 4.59. The first-order chi connectivity index (χ1) is 8.84. The topological polar surface area (TPSA) is 46.5 Å². The van der Waals surface area contributed by atoms with E-state index in [-0.39, 0.29) is 31.4 Å². The summed E-state index contributed by atoms with van der Waals surface area (Å²) in [7, 11) is 0. The third-order valence-electron chi connectivity index (χ3n) is 3.42. The molecule has 1 aromatic carbocycles. The Morgan fingerprint density at radius 2 is 1.89 bits per heavy atom. The molecule has 0 bridgehead atoms. The summed E-state index contributed by atoms with van der Waals surface area (Å²) in [5.74, 6) is -1.05. The number of ether oxygens (including phenoxy) is 1. The van der Waals surface area contributed by atoms with Crippen molar-refractivity contribution >= 4 is 5.97 Å². The molecule has 2 rings (SSSR count). The number of hydrogen-bond donors (Lipinski definition) is 1. The highest BCUT2D eigenvalue weighted by Crippen LogP contribution is 2.45. The summed E-state index contributed by atoms with van der Waals surface area (Å²) < 4.78 is 43.2. The van der Waals surface area contributed by atoms with Crippen LogP contribution in [0.3, 0.4) is 0 Å². The number of rotatable bonds is 4. The molecule has 104 valence electrons. The van der Waals surface area contributed by atoms with Gasteiger partial charge in [0.25, 0.3) is 0 Å². The molecule has 1 aliphatic heterocycles. The fourth-order valence-corrected chi connectivity index (χ4v) is 2.07. The first-order valence-corrected chi connectivity index (χ1v) is 5.87. The van der Waals surface area contributed by atoms with Gasteiger partial charge < -0.3 is 9.84 Å². The lowest BCUT2D eigenvalue weighted by atomic mass is 9.87. The highest BCUT2D eigenvalue weighted by atomic mass is 19.4. The van der Waals surface area contributed by atoms with E-state index in [0.29, 0.717) is 5.56 Å². The van der Waals surface area contributed by atoms with Crippen molar-refractivity contribution in [3.8, 4) is 0 Å². The molecule has 1 atom stereocenters. The summed E-state index contributed by atoms with van der Waals surface area (Å²) in [6.45, 7) is 0.136. The average molecular weight is 274 g/mol. The quantitative estimate of drug-likeness (QED) is 0.918. The number of alkyl halides is 3. The van der Waals surface area contributed by atoms with Crippen LogP contribution in [0.4, 0.5) is 13.2 Å². The van der Waals surface area contributed by atoms with Crippen LogP contribution in [0.15, 0.2) is 24.3 Å². The molecular weight excluding hydrogens is 261 g/mol.